The molecule has 0 saturated carbocycles. The quantitative estimate of drug-likeness (QED) is 0.368. The number of piperidine rings is 1. The summed E-state index contributed by atoms with van der Waals surface area (Å²) in [5.74, 6) is -0.644. The van der Waals surface area contributed by atoms with Gasteiger partial charge >= 0.3 is 0 Å². The van der Waals surface area contributed by atoms with Crippen molar-refractivity contribution in [3.63, 3.8) is 0 Å². The van der Waals surface area contributed by atoms with Crippen LogP contribution in [0.3, 0.4) is 0 Å². The standard InChI is InChI=1S/C21H22N4O4S/c22-14-16(21(26)24-18-6-10-20(11-7-18)30(27,28)29)15-23-17-4-8-19(9-5-17)25-12-2-1-3-13-25/h4-11,15,23H,1-3,12-13H2,(H,24,26)(H,27,28,29)/b16-15-. The molecule has 9 heteroatoms. The molecule has 0 radical (unpaired) electrons. The van der Waals surface area contributed by atoms with Crippen molar-refractivity contribution >= 4 is 33.1 Å². The van der Waals surface area contributed by atoms with Gasteiger partial charge in [0.1, 0.15) is 11.6 Å². The molecule has 1 amide bonds. The third kappa shape index (κ3) is 5.59. The number of carbonyl (C=O) groups is 1. The summed E-state index contributed by atoms with van der Waals surface area (Å²) in [6.45, 7) is 2.10. The van der Waals surface area contributed by atoms with E-state index in [9.17, 15) is 18.5 Å². The number of benzene rings is 2. The van der Waals surface area contributed by atoms with E-state index < -0.39 is 16.0 Å². The van der Waals surface area contributed by atoms with Crippen LogP contribution in [0.25, 0.3) is 0 Å². The summed E-state index contributed by atoms with van der Waals surface area (Å²) in [5.41, 5.74) is 2.04. The lowest BCUT2D eigenvalue weighted by atomic mass is 10.1. The third-order valence-electron chi connectivity index (χ3n) is 4.75. The predicted molar refractivity (Wildman–Crippen MR) is 115 cm³/mol. The van der Waals surface area contributed by atoms with Gasteiger partial charge in [-0.3, -0.25) is 9.35 Å². The van der Waals surface area contributed by atoms with Crippen LogP contribution in [0, 0.1) is 11.3 Å². The van der Waals surface area contributed by atoms with Crippen LogP contribution in [0.1, 0.15) is 19.3 Å². The fourth-order valence-electron chi connectivity index (χ4n) is 3.13. The molecular formula is C21H22N4O4S. The van der Waals surface area contributed by atoms with E-state index in [1.807, 2.05) is 30.3 Å². The van der Waals surface area contributed by atoms with E-state index in [1.165, 1.54) is 37.6 Å². The van der Waals surface area contributed by atoms with Gasteiger partial charge in [0.2, 0.25) is 0 Å². The number of hydrogen-bond acceptors (Lipinski definition) is 6. The fourth-order valence-corrected chi connectivity index (χ4v) is 3.61. The largest absolute Gasteiger partial charge is 0.372 e. The highest BCUT2D eigenvalue weighted by Gasteiger charge is 2.13. The van der Waals surface area contributed by atoms with Gasteiger partial charge in [-0.2, -0.15) is 13.7 Å². The van der Waals surface area contributed by atoms with E-state index in [4.69, 9.17) is 4.55 Å². The maximum atomic E-state index is 12.3. The lowest BCUT2D eigenvalue weighted by Crippen LogP contribution is -2.29. The van der Waals surface area contributed by atoms with E-state index in [-0.39, 0.29) is 10.5 Å². The van der Waals surface area contributed by atoms with E-state index in [0.717, 1.165) is 36.6 Å². The minimum absolute atomic E-state index is 0.144. The van der Waals surface area contributed by atoms with Crippen LogP contribution in [0.15, 0.2) is 65.2 Å². The molecule has 0 aliphatic carbocycles. The van der Waals surface area contributed by atoms with Gasteiger partial charge in [0.15, 0.2) is 0 Å². The van der Waals surface area contributed by atoms with Crippen molar-refractivity contribution in [2.75, 3.05) is 28.6 Å². The molecule has 1 aliphatic heterocycles. The molecule has 3 rings (SSSR count). The van der Waals surface area contributed by atoms with Gasteiger partial charge in [0.05, 0.1) is 4.90 Å². The molecule has 30 heavy (non-hydrogen) atoms. The van der Waals surface area contributed by atoms with Crippen LogP contribution >= 0.6 is 0 Å². The van der Waals surface area contributed by atoms with Crippen LogP contribution in [0.2, 0.25) is 0 Å². The molecule has 2 aromatic carbocycles. The second-order valence-electron chi connectivity index (χ2n) is 6.86. The van der Waals surface area contributed by atoms with Crippen molar-refractivity contribution in [2.45, 2.75) is 24.2 Å². The molecule has 0 bridgehead atoms. The molecule has 1 fully saturated rings. The van der Waals surface area contributed by atoms with Gasteiger partial charge in [-0.25, -0.2) is 0 Å². The number of nitrogens with zero attached hydrogens (tertiary/aromatic N) is 2. The van der Waals surface area contributed by atoms with Crippen molar-refractivity contribution in [2.24, 2.45) is 0 Å². The SMILES string of the molecule is N#C/C(=C/Nc1ccc(N2CCCCC2)cc1)C(=O)Nc1ccc(S(=O)(=O)O)cc1. The molecule has 1 heterocycles. The van der Waals surface area contributed by atoms with Gasteiger partial charge in [-0.05, 0) is 67.8 Å². The van der Waals surface area contributed by atoms with Gasteiger partial charge in [-0.15, -0.1) is 0 Å². The average molecular weight is 426 g/mol. The Morgan fingerprint density at radius 2 is 1.60 bits per heavy atom. The second-order valence-corrected chi connectivity index (χ2v) is 8.28. The molecule has 0 spiro atoms. The lowest BCUT2D eigenvalue weighted by molar-refractivity contribution is -0.112. The van der Waals surface area contributed by atoms with Crippen LogP contribution in [0.4, 0.5) is 17.1 Å². The first kappa shape index (κ1) is 21.4. The highest BCUT2D eigenvalue weighted by molar-refractivity contribution is 7.85. The summed E-state index contributed by atoms with van der Waals surface area (Å²) in [5, 5.41) is 14.7. The summed E-state index contributed by atoms with van der Waals surface area (Å²) in [6.07, 6.45) is 4.98. The highest BCUT2D eigenvalue weighted by atomic mass is 32.2. The Bertz CT molecular complexity index is 1070. The Morgan fingerprint density at radius 3 is 2.17 bits per heavy atom. The summed E-state index contributed by atoms with van der Waals surface area (Å²) in [6, 6.07) is 14.6. The monoisotopic (exact) mass is 426 g/mol. The Hall–Kier alpha value is -3.35. The maximum absolute atomic E-state index is 12.3. The van der Waals surface area contributed by atoms with Crippen molar-refractivity contribution in [3.8, 4) is 6.07 Å². The molecule has 8 nitrogen and oxygen atoms in total. The van der Waals surface area contributed by atoms with Crippen LogP contribution in [-0.4, -0.2) is 32.0 Å². The summed E-state index contributed by atoms with van der Waals surface area (Å²) < 4.78 is 31.1. The predicted octanol–water partition coefficient (Wildman–Crippen LogP) is 3.38. The number of anilines is 3. The van der Waals surface area contributed by atoms with E-state index in [0.29, 0.717) is 5.69 Å². The lowest BCUT2D eigenvalue weighted by Gasteiger charge is -2.28. The Balaban J connectivity index is 1.62. The van der Waals surface area contributed by atoms with Crippen molar-refractivity contribution < 1.29 is 17.8 Å². The number of amides is 1. The number of rotatable bonds is 6. The summed E-state index contributed by atoms with van der Waals surface area (Å²) >= 11 is 0. The number of nitriles is 1. The van der Waals surface area contributed by atoms with Crippen LogP contribution in [-0.2, 0) is 14.9 Å². The minimum atomic E-state index is -4.31. The zero-order valence-electron chi connectivity index (χ0n) is 16.2. The van der Waals surface area contributed by atoms with Crippen LogP contribution in [0.5, 0.6) is 0 Å². The van der Waals surface area contributed by atoms with Gasteiger partial charge < -0.3 is 15.5 Å². The molecule has 2 aromatic rings. The zero-order valence-corrected chi connectivity index (χ0v) is 17.0. The first-order valence-electron chi connectivity index (χ1n) is 9.47. The highest BCUT2D eigenvalue weighted by Crippen LogP contribution is 2.22. The molecule has 0 unspecified atom stereocenters. The fraction of sp³-hybridized carbons (Fsp3) is 0.238. The van der Waals surface area contributed by atoms with Gasteiger partial charge in [0, 0.05) is 36.4 Å². The number of hydrogen-bond donors (Lipinski definition) is 3. The van der Waals surface area contributed by atoms with Crippen molar-refractivity contribution in [1.82, 2.24) is 0 Å². The number of carbonyl (C=O) groups excluding carboxylic acids is 1. The van der Waals surface area contributed by atoms with Crippen LogP contribution < -0.4 is 15.5 Å². The molecule has 156 valence electrons. The normalized spacial score (nSPS) is 14.7. The van der Waals surface area contributed by atoms with E-state index >= 15 is 0 Å². The van der Waals surface area contributed by atoms with Crippen molar-refractivity contribution in [1.29, 1.82) is 5.26 Å². The van der Waals surface area contributed by atoms with Crippen molar-refractivity contribution in [3.05, 3.63) is 60.3 Å². The first-order valence-corrected chi connectivity index (χ1v) is 10.9. The summed E-state index contributed by atoms with van der Waals surface area (Å²) in [7, 11) is -4.31. The third-order valence-corrected chi connectivity index (χ3v) is 5.61. The Morgan fingerprint density at radius 1 is 1.00 bits per heavy atom. The first-order chi connectivity index (χ1) is 14.4. The molecule has 1 aliphatic rings. The zero-order chi connectivity index (χ0) is 21.6. The molecule has 0 aromatic heterocycles. The number of nitrogens with one attached hydrogen (secondary N) is 2. The van der Waals surface area contributed by atoms with E-state index in [2.05, 4.69) is 15.5 Å². The van der Waals surface area contributed by atoms with E-state index in [1.54, 1.807) is 0 Å². The van der Waals surface area contributed by atoms with Gasteiger partial charge in [-0.1, -0.05) is 0 Å². The Labute approximate surface area is 175 Å². The van der Waals surface area contributed by atoms with Gasteiger partial charge in [0.25, 0.3) is 16.0 Å². The smallest absolute Gasteiger partial charge is 0.294 e. The maximum Gasteiger partial charge on any atom is 0.294 e. The minimum Gasteiger partial charge on any atom is -0.372 e. The average Bonchev–Trinajstić information content (AvgIpc) is 2.75. The summed E-state index contributed by atoms with van der Waals surface area (Å²) in [4.78, 5) is 14.3. The molecule has 3 N–H and O–H groups in total. The Kier molecular flexibility index (Phi) is 6.72. The molecule has 0 atom stereocenters. The second kappa shape index (κ2) is 9.43. The topological polar surface area (TPSA) is 123 Å². The molecule has 1 saturated heterocycles. The molecular weight excluding hydrogens is 404 g/mol.